The van der Waals surface area contributed by atoms with E-state index in [1.807, 2.05) is 91.9 Å². The lowest BCUT2D eigenvalue weighted by Gasteiger charge is -2.20. The molecule has 1 aliphatic heterocycles. The Labute approximate surface area is 228 Å². The van der Waals surface area contributed by atoms with Crippen LogP contribution in [0, 0.1) is 6.92 Å². The molecular weight excluding hydrogens is 492 g/mol. The molecule has 200 valence electrons. The molecule has 5 rings (SSSR count). The molecule has 0 bridgehead atoms. The minimum Gasteiger partial charge on any atom is -0.493 e. The second-order valence-corrected chi connectivity index (χ2v) is 9.16. The van der Waals surface area contributed by atoms with Crippen molar-refractivity contribution < 1.29 is 18.7 Å². The molecule has 0 unspecified atom stereocenters. The lowest BCUT2D eigenvalue weighted by Crippen LogP contribution is -2.39. The number of aryl methyl sites for hydroxylation is 1. The number of nitrogens with zero attached hydrogens (tertiary/aromatic N) is 2. The van der Waals surface area contributed by atoms with Gasteiger partial charge in [-0.1, -0.05) is 60.7 Å². The van der Waals surface area contributed by atoms with E-state index in [1.165, 1.54) is 0 Å². The van der Waals surface area contributed by atoms with Gasteiger partial charge in [0.15, 0.2) is 5.70 Å². The van der Waals surface area contributed by atoms with E-state index in [4.69, 9.17) is 13.9 Å². The summed E-state index contributed by atoms with van der Waals surface area (Å²) in [4.78, 5) is 17.5. The van der Waals surface area contributed by atoms with Gasteiger partial charge in [-0.2, -0.15) is 0 Å². The van der Waals surface area contributed by atoms with E-state index in [9.17, 15) is 4.79 Å². The van der Waals surface area contributed by atoms with Gasteiger partial charge >= 0.3 is 5.97 Å². The quantitative estimate of drug-likeness (QED) is 0.262. The average Bonchev–Trinajstić information content (AvgIpc) is 3.53. The smallest absolute Gasteiger partial charge is 0.357 e. The highest BCUT2D eigenvalue weighted by atomic mass is 16.5. The van der Waals surface area contributed by atoms with E-state index >= 15 is 0 Å². The number of nitrogens with one attached hydrogen (secondary N) is 2. The van der Waals surface area contributed by atoms with E-state index in [-0.39, 0.29) is 5.97 Å². The normalized spacial score (nSPS) is 12.9. The van der Waals surface area contributed by atoms with E-state index in [1.54, 1.807) is 11.9 Å². The molecule has 2 heterocycles. The van der Waals surface area contributed by atoms with Gasteiger partial charge in [-0.3, -0.25) is 5.01 Å². The molecule has 3 aromatic carbocycles. The van der Waals surface area contributed by atoms with Gasteiger partial charge in [0, 0.05) is 18.4 Å². The van der Waals surface area contributed by atoms with Gasteiger partial charge in [0.2, 0.25) is 5.89 Å². The van der Waals surface area contributed by atoms with Crippen molar-refractivity contribution in [2.45, 2.75) is 33.2 Å². The molecule has 0 amide bonds. The molecule has 1 aliphatic rings. The highest BCUT2D eigenvalue weighted by molar-refractivity contribution is 5.89. The molecule has 0 radical (unpaired) electrons. The molecule has 2 N–H and O–H groups in total. The maximum atomic E-state index is 12.8. The van der Waals surface area contributed by atoms with Crippen molar-refractivity contribution in [1.29, 1.82) is 0 Å². The molecule has 0 saturated carbocycles. The second-order valence-electron chi connectivity index (χ2n) is 9.16. The fourth-order valence-electron chi connectivity index (χ4n) is 4.40. The second kappa shape index (κ2) is 12.3. The Morgan fingerprint density at radius 3 is 2.38 bits per heavy atom. The summed E-state index contributed by atoms with van der Waals surface area (Å²) in [6.07, 6.45) is 1.18. The van der Waals surface area contributed by atoms with Crippen LogP contribution in [0.3, 0.4) is 0 Å². The zero-order valence-electron chi connectivity index (χ0n) is 22.1. The topological polar surface area (TPSA) is 88.9 Å². The van der Waals surface area contributed by atoms with Crippen LogP contribution in [-0.4, -0.2) is 29.2 Å². The van der Waals surface area contributed by atoms with Crippen LogP contribution in [0.2, 0.25) is 0 Å². The van der Waals surface area contributed by atoms with Crippen LogP contribution >= 0.6 is 0 Å². The Hall–Kier alpha value is -4.56. The first-order chi connectivity index (χ1) is 19.1. The monoisotopic (exact) mass is 524 g/mol. The standard InChI is InChI=1S/C31H32N4O4/c1-3-37-31(36)29-28(33-34-35(29)21-24-10-6-4-7-11-24)20-23-14-16-26(17-15-23)38-19-18-27-22(2)39-30(32-27)25-12-8-5-9-13-25/h4-17,33-34H,3,18-21H2,1-2H3. The first-order valence-corrected chi connectivity index (χ1v) is 13.1. The van der Waals surface area contributed by atoms with Crippen molar-refractivity contribution in [3.05, 3.63) is 119 Å². The Morgan fingerprint density at radius 1 is 0.949 bits per heavy atom. The molecule has 0 spiro atoms. The van der Waals surface area contributed by atoms with Crippen LogP contribution in [0.4, 0.5) is 0 Å². The zero-order valence-corrected chi connectivity index (χ0v) is 22.1. The highest BCUT2D eigenvalue weighted by Crippen LogP contribution is 2.23. The maximum absolute atomic E-state index is 12.8. The molecule has 4 aromatic rings. The molecule has 8 heteroatoms. The first-order valence-electron chi connectivity index (χ1n) is 13.1. The summed E-state index contributed by atoms with van der Waals surface area (Å²) in [6.45, 7) is 5.05. The Bertz CT molecular complexity index is 1420. The maximum Gasteiger partial charge on any atom is 0.357 e. The number of ether oxygens (including phenoxy) is 2. The van der Waals surface area contributed by atoms with Crippen LogP contribution in [0.25, 0.3) is 11.5 Å². The third-order valence-electron chi connectivity index (χ3n) is 6.38. The number of aromatic nitrogens is 1. The summed E-state index contributed by atoms with van der Waals surface area (Å²) in [5.74, 6) is 1.84. The van der Waals surface area contributed by atoms with E-state index < -0.39 is 0 Å². The molecule has 0 saturated heterocycles. The minimum atomic E-state index is -0.362. The van der Waals surface area contributed by atoms with Gasteiger partial charge in [0.25, 0.3) is 0 Å². The minimum absolute atomic E-state index is 0.308. The summed E-state index contributed by atoms with van der Waals surface area (Å²) < 4.78 is 17.2. The van der Waals surface area contributed by atoms with Gasteiger partial charge in [-0.25, -0.2) is 9.78 Å². The predicted octanol–water partition coefficient (Wildman–Crippen LogP) is 5.11. The van der Waals surface area contributed by atoms with E-state index in [0.29, 0.717) is 44.2 Å². The Morgan fingerprint density at radius 2 is 1.67 bits per heavy atom. The Balaban J connectivity index is 1.20. The van der Waals surface area contributed by atoms with Crippen molar-refractivity contribution in [1.82, 2.24) is 21.0 Å². The summed E-state index contributed by atoms with van der Waals surface area (Å²) in [7, 11) is 0. The third kappa shape index (κ3) is 6.48. The summed E-state index contributed by atoms with van der Waals surface area (Å²) in [5.41, 5.74) is 11.5. The van der Waals surface area contributed by atoms with Crippen molar-refractivity contribution in [2.75, 3.05) is 13.2 Å². The van der Waals surface area contributed by atoms with Crippen molar-refractivity contribution in [3.8, 4) is 17.2 Å². The van der Waals surface area contributed by atoms with Crippen molar-refractivity contribution in [2.24, 2.45) is 0 Å². The fourth-order valence-corrected chi connectivity index (χ4v) is 4.40. The predicted molar refractivity (Wildman–Crippen MR) is 148 cm³/mol. The Kier molecular flexibility index (Phi) is 8.23. The van der Waals surface area contributed by atoms with Crippen LogP contribution in [0.5, 0.6) is 5.75 Å². The van der Waals surface area contributed by atoms with Crippen LogP contribution in [0.15, 0.2) is 101 Å². The lowest BCUT2D eigenvalue weighted by molar-refractivity contribution is -0.140. The van der Waals surface area contributed by atoms with E-state index in [2.05, 4.69) is 15.9 Å². The number of hydrazine groups is 2. The number of rotatable bonds is 11. The molecule has 0 aliphatic carbocycles. The van der Waals surface area contributed by atoms with Crippen molar-refractivity contribution >= 4 is 5.97 Å². The molecule has 0 fully saturated rings. The van der Waals surface area contributed by atoms with E-state index in [0.717, 1.165) is 39.6 Å². The number of carbonyl (C=O) groups is 1. The van der Waals surface area contributed by atoms with Gasteiger partial charge in [-0.15, -0.1) is 5.53 Å². The number of esters is 1. The molecule has 0 atom stereocenters. The third-order valence-corrected chi connectivity index (χ3v) is 6.38. The first kappa shape index (κ1) is 26.1. The zero-order chi connectivity index (χ0) is 27.0. The van der Waals surface area contributed by atoms with Gasteiger partial charge in [0.1, 0.15) is 11.5 Å². The molecule has 1 aromatic heterocycles. The number of oxazole rings is 1. The SMILES string of the molecule is CCOC(=O)C1=C(Cc2ccc(OCCc3nc(-c4ccccc4)oc3C)cc2)NNN1Cc1ccccc1. The summed E-state index contributed by atoms with van der Waals surface area (Å²) in [6, 6.07) is 27.7. The molecule has 39 heavy (non-hydrogen) atoms. The van der Waals surface area contributed by atoms with Crippen LogP contribution < -0.4 is 15.7 Å². The van der Waals surface area contributed by atoms with Gasteiger partial charge < -0.3 is 19.3 Å². The van der Waals surface area contributed by atoms with Crippen LogP contribution in [0.1, 0.15) is 29.5 Å². The summed E-state index contributed by atoms with van der Waals surface area (Å²) >= 11 is 0. The fraction of sp³-hybridized carbons (Fsp3) is 0.226. The number of hydrogen-bond donors (Lipinski definition) is 2. The highest BCUT2D eigenvalue weighted by Gasteiger charge is 2.29. The lowest BCUT2D eigenvalue weighted by atomic mass is 10.1. The number of benzene rings is 3. The number of hydrogen-bond acceptors (Lipinski definition) is 8. The van der Waals surface area contributed by atoms with Gasteiger partial charge in [0.05, 0.1) is 31.1 Å². The van der Waals surface area contributed by atoms with Gasteiger partial charge in [-0.05, 0) is 49.2 Å². The summed E-state index contributed by atoms with van der Waals surface area (Å²) in [5, 5.41) is 1.79. The molecular formula is C31H32N4O4. The largest absolute Gasteiger partial charge is 0.493 e. The number of allylic oxidation sites excluding steroid dienone is 1. The van der Waals surface area contributed by atoms with Crippen molar-refractivity contribution in [3.63, 3.8) is 0 Å². The average molecular weight is 525 g/mol. The number of carbonyl (C=O) groups excluding carboxylic acids is 1. The molecule has 8 nitrogen and oxygen atoms in total. The van der Waals surface area contributed by atoms with Crippen LogP contribution in [-0.2, 0) is 28.9 Å².